The lowest BCUT2D eigenvalue weighted by atomic mass is 10.2. The molecule has 1 aromatic rings. The molecule has 9 heteroatoms. The lowest BCUT2D eigenvalue weighted by molar-refractivity contribution is -0.117. The average Bonchev–Trinajstić information content (AvgIpc) is 2.27. The molecule has 1 rings (SSSR count). The van der Waals surface area contributed by atoms with Crippen molar-refractivity contribution in [3.8, 4) is 0 Å². The van der Waals surface area contributed by atoms with Gasteiger partial charge in [-0.15, -0.1) is 0 Å². The first kappa shape index (κ1) is 13.6. The van der Waals surface area contributed by atoms with Crippen LogP contribution in [0, 0.1) is 6.92 Å². The molecule has 0 unspecified atom stereocenters. The van der Waals surface area contributed by atoms with Gasteiger partial charge in [-0.05, 0) is 6.92 Å². The van der Waals surface area contributed by atoms with E-state index >= 15 is 0 Å². The summed E-state index contributed by atoms with van der Waals surface area (Å²) in [4.78, 5) is 31.2. The maximum atomic E-state index is 11.0. The van der Waals surface area contributed by atoms with Crippen LogP contribution in [0.3, 0.4) is 0 Å². The summed E-state index contributed by atoms with van der Waals surface area (Å²) in [6, 6.07) is 0. The van der Waals surface area contributed by atoms with E-state index in [1.807, 2.05) is 0 Å². The molecule has 2 amide bonds. The summed E-state index contributed by atoms with van der Waals surface area (Å²) < 4.78 is 0. The van der Waals surface area contributed by atoms with Crippen LogP contribution in [-0.4, -0.2) is 34.9 Å². The number of nitrogen functional groups attached to an aromatic ring is 1. The fraction of sp³-hybridized carbons (Fsp3) is 0.333. The van der Waals surface area contributed by atoms with E-state index in [0.717, 1.165) is 0 Å². The molecular weight excluding hydrogens is 238 g/mol. The number of carbonyl (C=O) groups excluding carboxylic acids is 2. The van der Waals surface area contributed by atoms with Gasteiger partial charge in [-0.25, -0.2) is 15.8 Å². The monoisotopic (exact) mass is 253 g/mol. The highest BCUT2D eigenvalue weighted by Crippen LogP contribution is 2.20. The van der Waals surface area contributed by atoms with Crippen LogP contribution in [0.15, 0.2) is 6.33 Å². The van der Waals surface area contributed by atoms with E-state index in [-0.39, 0.29) is 13.1 Å². The lowest BCUT2D eigenvalue weighted by Crippen LogP contribution is -2.40. The summed E-state index contributed by atoms with van der Waals surface area (Å²) in [6.07, 6.45) is 1.26. The van der Waals surface area contributed by atoms with Crippen molar-refractivity contribution in [2.75, 3.05) is 23.4 Å². The van der Waals surface area contributed by atoms with Crippen molar-refractivity contribution in [3.05, 3.63) is 11.9 Å². The summed E-state index contributed by atoms with van der Waals surface area (Å²) in [5, 5.41) is 0. The Labute approximate surface area is 103 Å². The number of hydrazine groups is 1. The number of nitrogens with two attached hydrogens (primary N) is 3. The quantitative estimate of drug-likeness (QED) is 0.333. The molecule has 1 aromatic heterocycles. The maximum absolute atomic E-state index is 11.0. The summed E-state index contributed by atoms with van der Waals surface area (Å²) in [6.45, 7) is 1.34. The van der Waals surface area contributed by atoms with E-state index in [2.05, 4.69) is 15.4 Å². The normalized spacial score (nSPS) is 9.89. The zero-order valence-corrected chi connectivity index (χ0v) is 9.88. The van der Waals surface area contributed by atoms with Gasteiger partial charge in [0.2, 0.25) is 11.8 Å². The first-order chi connectivity index (χ1) is 8.45. The molecule has 0 bridgehead atoms. The predicted octanol–water partition coefficient (Wildman–Crippen LogP) is -2.15. The van der Waals surface area contributed by atoms with Crippen LogP contribution in [0.1, 0.15) is 5.56 Å². The minimum Gasteiger partial charge on any atom is -0.368 e. The topological polar surface area (TPSA) is 153 Å². The van der Waals surface area contributed by atoms with Crippen LogP contribution in [0.2, 0.25) is 0 Å². The van der Waals surface area contributed by atoms with Crippen molar-refractivity contribution in [1.29, 1.82) is 0 Å². The van der Waals surface area contributed by atoms with Gasteiger partial charge in [0.15, 0.2) is 0 Å². The highest BCUT2D eigenvalue weighted by molar-refractivity contribution is 5.85. The largest absolute Gasteiger partial charge is 0.368 e. The zero-order valence-electron chi connectivity index (χ0n) is 9.88. The highest BCUT2D eigenvalue weighted by Gasteiger charge is 2.17. The van der Waals surface area contributed by atoms with Gasteiger partial charge >= 0.3 is 0 Å². The number of amides is 2. The van der Waals surface area contributed by atoms with Gasteiger partial charge in [0.05, 0.1) is 13.1 Å². The predicted molar refractivity (Wildman–Crippen MR) is 65.2 cm³/mol. The van der Waals surface area contributed by atoms with Gasteiger partial charge < -0.3 is 21.8 Å². The van der Waals surface area contributed by atoms with Gasteiger partial charge in [-0.3, -0.25) is 9.59 Å². The molecule has 0 saturated heterocycles. The van der Waals surface area contributed by atoms with Crippen LogP contribution in [-0.2, 0) is 9.59 Å². The molecule has 7 N–H and O–H groups in total. The number of hydrogen-bond acceptors (Lipinski definition) is 7. The Morgan fingerprint density at radius 1 is 1.28 bits per heavy atom. The maximum Gasteiger partial charge on any atom is 0.237 e. The summed E-state index contributed by atoms with van der Waals surface area (Å²) in [5.74, 6) is 4.84. The number of nitrogens with zero attached hydrogens (tertiary/aromatic N) is 3. The summed E-state index contributed by atoms with van der Waals surface area (Å²) >= 11 is 0. The molecule has 0 aliphatic rings. The molecule has 1 heterocycles. The number of primary amides is 2. The minimum atomic E-state index is -0.600. The Morgan fingerprint density at radius 2 is 1.83 bits per heavy atom. The standard InChI is InChI=1S/C9H15N7O2/c1-5-8(15-12)13-4-14-9(5)16(2-6(10)17)3-7(11)18/h4H,2-3,12H2,1H3,(H2,10,17)(H2,11,18)(H,13,14,15). The Hall–Kier alpha value is -2.42. The van der Waals surface area contributed by atoms with E-state index in [9.17, 15) is 9.59 Å². The Balaban J connectivity index is 3.11. The van der Waals surface area contributed by atoms with E-state index in [4.69, 9.17) is 17.3 Å². The second kappa shape index (κ2) is 5.77. The molecular formula is C9H15N7O2. The molecule has 0 atom stereocenters. The second-order valence-electron chi connectivity index (χ2n) is 3.60. The molecule has 0 spiro atoms. The van der Waals surface area contributed by atoms with Crippen molar-refractivity contribution in [3.63, 3.8) is 0 Å². The van der Waals surface area contributed by atoms with Crippen LogP contribution >= 0.6 is 0 Å². The number of carbonyl (C=O) groups is 2. The van der Waals surface area contributed by atoms with Gasteiger partial charge in [0.25, 0.3) is 0 Å². The Kier molecular flexibility index (Phi) is 4.38. The number of aromatic nitrogens is 2. The van der Waals surface area contributed by atoms with Crippen molar-refractivity contribution >= 4 is 23.5 Å². The second-order valence-corrected chi connectivity index (χ2v) is 3.60. The van der Waals surface area contributed by atoms with Gasteiger partial charge in [0.1, 0.15) is 18.0 Å². The Bertz CT molecular complexity index is 446. The molecule has 98 valence electrons. The van der Waals surface area contributed by atoms with Crippen molar-refractivity contribution in [2.45, 2.75) is 6.92 Å². The van der Waals surface area contributed by atoms with Crippen LogP contribution < -0.4 is 27.6 Å². The molecule has 0 aliphatic carbocycles. The third-order valence-corrected chi connectivity index (χ3v) is 2.19. The van der Waals surface area contributed by atoms with E-state index in [1.54, 1.807) is 6.92 Å². The molecule has 0 aromatic carbocycles. The number of anilines is 2. The summed E-state index contributed by atoms with van der Waals surface area (Å²) in [7, 11) is 0. The smallest absolute Gasteiger partial charge is 0.237 e. The van der Waals surface area contributed by atoms with Gasteiger partial charge in [-0.1, -0.05) is 0 Å². The van der Waals surface area contributed by atoms with E-state index < -0.39 is 11.8 Å². The first-order valence-electron chi connectivity index (χ1n) is 5.05. The van der Waals surface area contributed by atoms with E-state index in [0.29, 0.717) is 17.2 Å². The molecule has 0 aliphatic heterocycles. The number of hydrogen-bond donors (Lipinski definition) is 4. The molecule has 0 saturated carbocycles. The highest BCUT2D eigenvalue weighted by atomic mass is 16.2. The van der Waals surface area contributed by atoms with Crippen molar-refractivity contribution in [2.24, 2.45) is 17.3 Å². The third-order valence-electron chi connectivity index (χ3n) is 2.19. The van der Waals surface area contributed by atoms with Gasteiger partial charge in [0, 0.05) is 5.56 Å². The lowest BCUT2D eigenvalue weighted by Gasteiger charge is -2.22. The third kappa shape index (κ3) is 3.28. The van der Waals surface area contributed by atoms with Gasteiger partial charge in [-0.2, -0.15) is 0 Å². The zero-order chi connectivity index (χ0) is 13.7. The number of nitrogens with one attached hydrogen (secondary N) is 1. The van der Waals surface area contributed by atoms with Crippen molar-refractivity contribution < 1.29 is 9.59 Å². The van der Waals surface area contributed by atoms with Crippen LogP contribution in [0.5, 0.6) is 0 Å². The fourth-order valence-corrected chi connectivity index (χ4v) is 1.49. The average molecular weight is 253 g/mol. The van der Waals surface area contributed by atoms with Crippen LogP contribution in [0.25, 0.3) is 0 Å². The summed E-state index contributed by atoms with van der Waals surface area (Å²) in [5.41, 5.74) is 13.2. The molecule has 9 nitrogen and oxygen atoms in total. The van der Waals surface area contributed by atoms with Crippen molar-refractivity contribution in [1.82, 2.24) is 9.97 Å². The molecule has 0 radical (unpaired) electrons. The fourth-order valence-electron chi connectivity index (χ4n) is 1.49. The van der Waals surface area contributed by atoms with E-state index in [1.165, 1.54) is 11.2 Å². The molecule has 18 heavy (non-hydrogen) atoms. The Morgan fingerprint density at radius 3 is 2.28 bits per heavy atom. The molecule has 0 fully saturated rings. The SMILES string of the molecule is Cc1c(NN)ncnc1N(CC(N)=O)CC(N)=O. The van der Waals surface area contributed by atoms with Crippen LogP contribution in [0.4, 0.5) is 11.6 Å². The first-order valence-corrected chi connectivity index (χ1v) is 5.05. The number of rotatable bonds is 6. The minimum absolute atomic E-state index is 0.176.